The van der Waals surface area contributed by atoms with E-state index in [1.165, 1.54) is 31.4 Å². The van der Waals surface area contributed by atoms with E-state index < -0.39 is 35.5 Å². The smallest absolute Gasteiger partial charge is 0.320 e. The van der Waals surface area contributed by atoms with Gasteiger partial charge in [-0.2, -0.15) is 9.97 Å². The van der Waals surface area contributed by atoms with Crippen molar-refractivity contribution in [3.63, 3.8) is 0 Å². The highest BCUT2D eigenvalue weighted by atomic mass is 35.5. The van der Waals surface area contributed by atoms with E-state index in [0.29, 0.717) is 25.9 Å². The summed E-state index contributed by atoms with van der Waals surface area (Å²) in [7, 11) is 1.51. The molecule has 4 atom stereocenters. The van der Waals surface area contributed by atoms with Gasteiger partial charge in [-0.1, -0.05) is 24.2 Å². The van der Waals surface area contributed by atoms with Gasteiger partial charge in [-0.15, -0.1) is 11.3 Å². The average Bonchev–Trinajstić information content (AvgIpc) is 3.82. The lowest BCUT2D eigenvalue weighted by molar-refractivity contribution is -0.128. The summed E-state index contributed by atoms with van der Waals surface area (Å²) < 4.78 is 64.4. The maximum atomic E-state index is 17.0. The fourth-order valence-electron chi connectivity index (χ4n) is 7.56. The molecule has 256 valence electrons. The van der Waals surface area contributed by atoms with Crippen molar-refractivity contribution in [1.29, 1.82) is 0 Å². The fourth-order valence-corrected chi connectivity index (χ4v) is 8.79. The number of nitrogen functional groups attached to an aromatic ring is 1. The summed E-state index contributed by atoms with van der Waals surface area (Å²) in [5, 5.41) is 0.297. The van der Waals surface area contributed by atoms with Crippen molar-refractivity contribution in [2.24, 2.45) is 0 Å². The predicted molar refractivity (Wildman–Crippen MR) is 181 cm³/mol. The zero-order valence-corrected chi connectivity index (χ0v) is 28.1. The van der Waals surface area contributed by atoms with E-state index >= 15 is 4.39 Å². The van der Waals surface area contributed by atoms with Gasteiger partial charge in [0.25, 0.3) is 0 Å². The first kappa shape index (κ1) is 33.3. The molecule has 4 unspecified atom stereocenters. The normalized spacial score (nSPS) is 23.7. The van der Waals surface area contributed by atoms with Crippen LogP contribution in [0.15, 0.2) is 30.9 Å². The highest BCUT2D eigenvalue weighted by Crippen LogP contribution is 2.49. The molecule has 2 aromatic carbocycles. The molecular formula is C34H32ClF3N6O4S. The number of methoxy groups -OCH3 is 1. The van der Waals surface area contributed by atoms with E-state index in [1.807, 2.05) is 0 Å². The highest BCUT2D eigenvalue weighted by Gasteiger charge is 2.49. The Morgan fingerprint density at radius 2 is 2.14 bits per heavy atom. The first-order chi connectivity index (χ1) is 23.6. The summed E-state index contributed by atoms with van der Waals surface area (Å²) in [5.74, 6) is -1.80. The molecule has 3 fully saturated rings. The average molecular weight is 713 g/mol. The molecule has 0 spiro atoms. The molecule has 0 bridgehead atoms. The molecule has 2 aromatic heterocycles. The van der Waals surface area contributed by atoms with Crippen molar-refractivity contribution in [2.75, 3.05) is 45.7 Å². The Labute approximate surface area is 289 Å². The molecule has 49 heavy (non-hydrogen) atoms. The van der Waals surface area contributed by atoms with Crippen LogP contribution in [0.4, 0.5) is 23.9 Å². The predicted octanol–water partition coefficient (Wildman–Crippen LogP) is 6.71. The largest absolute Gasteiger partial charge is 0.471 e. The second-order valence-electron chi connectivity index (χ2n) is 12.5. The molecule has 3 saturated heterocycles. The Morgan fingerprint density at radius 3 is 2.90 bits per heavy atom. The Kier molecular flexibility index (Phi) is 8.81. The lowest BCUT2D eigenvalue weighted by atomic mass is 9.95. The minimum atomic E-state index is -0.984. The van der Waals surface area contributed by atoms with Crippen LogP contribution in [0.25, 0.3) is 37.0 Å². The summed E-state index contributed by atoms with van der Waals surface area (Å²) >= 11 is 7.68. The van der Waals surface area contributed by atoms with Crippen molar-refractivity contribution in [2.45, 2.75) is 49.5 Å². The van der Waals surface area contributed by atoms with Crippen molar-refractivity contribution in [1.82, 2.24) is 19.8 Å². The van der Waals surface area contributed by atoms with Gasteiger partial charge in [0.05, 0.1) is 44.9 Å². The summed E-state index contributed by atoms with van der Waals surface area (Å²) in [4.78, 5) is 28.8. The van der Waals surface area contributed by atoms with E-state index in [2.05, 4.69) is 26.3 Å². The zero-order valence-electron chi connectivity index (χ0n) is 26.5. The van der Waals surface area contributed by atoms with Crippen LogP contribution in [-0.4, -0.2) is 89.5 Å². The number of rotatable bonds is 9. The third-order valence-corrected chi connectivity index (χ3v) is 11.1. The molecular weight excluding hydrogens is 681 g/mol. The van der Waals surface area contributed by atoms with Gasteiger partial charge in [0.1, 0.15) is 30.2 Å². The second kappa shape index (κ2) is 12.9. The minimum absolute atomic E-state index is 0.00653. The Morgan fingerprint density at radius 1 is 1.33 bits per heavy atom. The number of hydrogen-bond donors (Lipinski definition) is 1. The second-order valence-corrected chi connectivity index (χ2v) is 14.0. The van der Waals surface area contributed by atoms with Gasteiger partial charge in [-0.3, -0.25) is 9.69 Å². The van der Waals surface area contributed by atoms with Crippen LogP contribution in [0.1, 0.15) is 25.7 Å². The number of ether oxygens (including phenoxy) is 3. The Bertz CT molecular complexity index is 2040. The number of carbonyl (C=O) groups excluding carboxylic acids is 1. The number of thiophene rings is 1. The number of nitrogens with zero attached hydrogens (tertiary/aromatic N) is 5. The number of alkyl halides is 1. The quantitative estimate of drug-likeness (QED) is 0.151. The lowest BCUT2D eigenvalue weighted by Crippen LogP contribution is -2.44. The number of benzene rings is 2. The lowest BCUT2D eigenvalue weighted by Gasteiger charge is -2.31. The number of amides is 1. The van der Waals surface area contributed by atoms with E-state index in [9.17, 15) is 13.6 Å². The van der Waals surface area contributed by atoms with Gasteiger partial charge in [0.15, 0.2) is 5.82 Å². The maximum absolute atomic E-state index is 17.0. The van der Waals surface area contributed by atoms with Crippen LogP contribution < -0.4 is 15.2 Å². The molecule has 2 N–H and O–H groups in total. The molecule has 10 nitrogen and oxygen atoms in total. The molecule has 15 heteroatoms. The Balaban J connectivity index is 1.36. The van der Waals surface area contributed by atoms with E-state index in [1.54, 1.807) is 4.90 Å². The van der Waals surface area contributed by atoms with Crippen molar-refractivity contribution < 1.29 is 32.2 Å². The number of likely N-dealkylation sites (tertiary alicyclic amines) is 1. The zero-order chi connectivity index (χ0) is 34.6. The molecule has 1 amide bonds. The van der Waals surface area contributed by atoms with E-state index in [-0.39, 0.29) is 78.8 Å². The van der Waals surface area contributed by atoms with E-state index in [0.717, 1.165) is 30.7 Å². The standard InChI is InChI=1S/C34H32ClF3N6O4S/c1-4-24(45)44-11-8-23(22(44)15-46-3)48-32-19-12-20(35)25(18-6-7-21(37)30-26(18)29(40-2)31(39)49-30)27(38)28(19)41-33(42-32)47-16-34-9-5-10-43(34)14-17(36)13-34/h4,6-7,12,17,22-23H,1,5,8-11,13-16,39H2,3H3. The molecule has 7 rings (SSSR count). The first-order valence-electron chi connectivity index (χ1n) is 15.8. The minimum Gasteiger partial charge on any atom is -0.471 e. The van der Waals surface area contributed by atoms with Crippen molar-refractivity contribution in [3.8, 4) is 23.0 Å². The number of carbonyl (C=O) groups is 1. The molecule has 0 aliphatic carbocycles. The van der Waals surface area contributed by atoms with Crippen LogP contribution >= 0.6 is 22.9 Å². The number of halogens is 4. The van der Waals surface area contributed by atoms with Crippen LogP contribution in [0.5, 0.6) is 11.9 Å². The van der Waals surface area contributed by atoms with Gasteiger partial charge >= 0.3 is 6.01 Å². The maximum Gasteiger partial charge on any atom is 0.320 e. The van der Waals surface area contributed by atoms with Crippen LogP contribution in [0, 0.1) is 18.2 Å². The highest BCUT2D eigenvalue weighted by molar-refractivity contribution is 7.23. The summed E-state index contributed by atoms with van der Waals surface area (Å²) in [6.45, 7) is 12.9. The van der Waals surface area contributed by atoms with Crippen molar-refractivity contribution in [3.05, 3.63) is 58.9 Å². The number of nitrogens with two attached hydrogens (primary N) is 1. The van der Waals surface area contributed by atoms with Gasteiger partial charge in [-0.05, 0) is 43.2 Å². The third-order valence-electron chi connectivity index (χ3n) is 9.77. The Hall–Kier alpha value is -4.16. The van der Waals surface area contributed by atoms with Crippen LogP contribution in [0.2, 0.25) is 5.02 Å². The molecule has 3 aliphatic rings. The topological polar surface area (TPSA) is 107 Å². The molecule has 4 aromatic rings. The van der Waals surface area contributed by atoms with Gasteiger partial charge in [0, 0.05) is 44.0 Å². The number of anilines is 1. The van der Waals surface area contributed by atoms with Gasteiger partial charge in [-0.25, -0.2) is 18.0 Å². The van der Waals surface area contributed by atoms with Crippen LogP contribution in [0.3, 0.4) is 0 Å². The van der Waals surface area contributed by atoms with Gasteiger partial charge < -0.3 is 24.8 Å². The molecule has 5 heterocycles. The number of aromatic nitrogens is 2. The van der Waals surface area contributed by atoms with Gasteiger partial charge in [0.2, 0.25) is 17.5 Å². The molecule has 0 radical (unpaired) electrons. The third kappa shape index (κ3) is 5.62. The fraction of sp³-hybridized carbons (Fsp3) is 0.412. The first-order valence-corrected chi connectivity index (χ1v) is 17.0. The monoisotopic (exact) mass is 712 g/mol. The molecule has 0 saturated carbocycles. The van der Waals surface area contributed by atoms with Crippen LogP contribution in [-0.2, 0) is 9.53 Å². The van der Waals surface area contributed by atoms with Crippen molar-refractivity contribution >= 4 is 60.5 Å². The molecule has 3 aliphatic heterocycles. The summed E-state index contributed by atoms with van der Waals surface area (Å²) in [5.41, 5.74) is 5.37. The number of hydrogen-bond acceptors (Lipinski definition) is 9. The summed E-state index contributed by atoms with van der Waals surface area (Å²) in [6, 6.07) is 3.28. The SMILES string of the molecule is [C-]#[N+]c1c(N)sc2c(F)ccc(-c3c(Cl)cc4c(OC5CCN(C(=O)C=C)C5COC)nc(OCC56CCCN5CC(F)C6)nc4c3F)c12. The number of fused-ring (bicyclic) bond motifs is 3. The summed E-state index contributed by atoms with van der Waals surface area (Å²) in [6.07, 6.45) is 1.99. The van der Waals surface area contributed by atoms with E-state index in [4.69, 9.17) is 38.1 Å².